The number of allylic oxidation sites excluding steroid dienone is 1. The highest BCUT2D eigenvalue weighted by Gasteiger charge is 2.28. The van der Waals surface area contributed by atoms with Gasteiger partial charge in [0.05, 0.1) is 6.61 Å². The summed E-state index contributed by atoms with van der Waals surface area (Å²) >= 11 is 1.82. The summed E-state index contributed by atoms with van der Waals surface area (Å²) in [6.45, 7) is 5.34. The molecule has 3 heterocycles. The van der Waals surface area contributed by atoms with E-state index in [-0.39, 0.29) is 0 Å². The van der Waals surface area contributed by atoms with Crippen molar-refractivity contribution in [3.05, 3.63) is 69.1 Å². The van der Waals surface area contributed by atoms with Crippen LogP contribution in [-0.2, 0) is 24.4 Å². The molecule has 0 atom stereocenters. The average Bonchev–Trinajstić information content (AvgIpc) is 3.21. The van der Waals surface area contributed by atoms with Gasteiger partial charge in [0.1, 0.15) is 17.4 Å². The predicted molar refractivity (Wildman–Crippen MR) is 94.4 cm³/mol. The first kappa shape index (κ1) is 14.1. The number of aryl methyl sites for hydroxylation is 2. The zero-order valence-corrected chi connectivity index (χ0v) is 14.5. The number of benzene rings is 1. The maximum absolute atomic E-state index is 5.92. The van der Waals surface area contributed by atoms with Crippen LogP contribution in [0.5, 0.6) is 0 Å². The van der Waals surface area contributed by atoms with Gasteiger partial charge in [-0.3, -0.25) is 4.57 Å². The molecule has 4 nitrogen and oxygen atoms in total. The van der Waals surface area contributed by atoms with E-state index in [1.54, 1.807) is 0 Å². The molecule has 0 bridgehead atoms. The van der Waals surface area contributed by atoms with E-state index >= 15 is 0 Å². The molecule has 0 radical (unpaired) electrons. The van der Waals surface area contributed by atoms with Crippen LogP contribution >= 0.6 is 11.3 Å². The van der Waals surface area contributed by atoms with Crippen LogP contribution in [0.3, 0.4) is 0 Å². The van der Waals surface area contributed by atoms with Crippen molar-refractivity contribution >= 4 is 16.9 Å². The van der Waals surface area contributed by atoms with Crippen molar-refractivity contribution in [2.24, 2.45) is 0 Å². The Morgan fingerprint density at radius 3 is 2.92 bits per heavy atom. The quantitative estimate of drug-likeness (QED) is 0.676. The molecular weight excluding hydrogens is 318 g/mol. The molecule has 5 heteroatoms. The van der Waals surface area contributed by atoms with E-state index in [9.17, 15) is 0 Å². The molecule has 0 N–H and O–H groups in total. The lowest BCUT2D eigenvalue weighted by Crippen LogP contribution is -2.00. The summed E-state index contributed by atoms with van der Waals surface area (Å²) in [5.41, 5.74) is 6.70. The minimum absolute atomic E-state index is 0.510. The Balaban J connectivity index is 1.74. The molecule has 1 aromatic carbocycles. The van der Waals surface area contributed by atoms with E-state index in [2.05, 4.69) is 52.0 Å². The highest BCUT2D eigenvalue weighted by molar-refractivity contribution is 7.15. The third-order valence-electron chi connectivity index (χ3n) is 4.84. The smallest absolute Gasteiger partial charge is 0.164 e. The monoisotopic (exact) mass is 335 g/mol. The summed E-state index contributed by atoms with van der Waals surface area (Å²) < 4.78 is 8.08. The van der Waals surface area contributed by atoms with Crippen LogP contribution in [0.15, 0.2) is 30.3 Å². The normalized spacial score (nSPS) is 15.5. The zero-order valence-electron chi connectivity index (χ0n) is 13.7. The number of hydrogen-bond donors (Lipinski definition) is 0. The summed E-state index contributed by atoms with van der Waals surface area (Å²) in [6.07, 6.45) is 3.36. The van der Waals surface area contributed by atoms with Crippen LogP contribution in [0.4, 0.5) is 0 Å². The number of aromatic nitrogens is 3. The van der Waals surface area contributed by atoms with E-state index in [0.717, 1.165) is 18.1 Å². The maximum atomic E-state index is 5.92. The minimum Gasteiger partial charge on any atom is -0.369 e. The van der Waals surface area contributed by atoms with E-state index in [0.29, 0.717) is 13.2 Å². The fraction of sp³-hybridized carbons (Fsp3) is 0.263. The molecule has 2 aliphatic rings. The third kappa shape index (κ3) is 1.88. The number of ether oxygens (including phenoxy) is 1. The van der Waals surface area contributed by atoms with Crippen LogP contribution in [-0.4, -0.2) is 14.8 Å². The highest BCUT2D eigenvalue weighted by atomic mass is 32.1. The van der Waals surface area contributed by atoms with Gasteiger partial charge in [0, 0.05) is 16.0 Å². The van der Waals surface area contributed by atoms with Gasteiger partial charge in [-0.15, -0.1) is 21.5 Å². The van der Waals surface area contributed by atoms with Gasteiger partial charge in [0.25, 0.3) is 0 Å². The van der Waals surface area contributed by atoms with Crippen molar-refractivity contribution in [2.45, 2.75) is 33.5 Å². The molecule has 0 spiro atoms. The largest absolute Gasteiger partial charge is 0.369 e. The summed E-state index contributed by atoms with van der Waals surface area (Å²) in [6, 6.07) is 8.69. The third-order valence-corrected chi connectivity index (χ3v) is 5.97. The number of hydrogen-bond acceptors (Lipinski definition) is 4. The van der Waals surface area contributed by atoms with Crippen molar-refractivity contribution in [2.75, 3.05) is 0 Å². The zero-order chi connectivity index (χ0) is 16.3. The van der Waals surface area contributed by atoms with Gasteiger partial charge >= 0.3 is 0 Å². The molecule has 24 heavy (non-hydrogen) atoms. The van der Waals surface area contributed by atoms with E-state index in [1.807, 2.05) is 18.3 Å². The molecule has 120 valence electrons. The maximum Gasteiger partial charge on any atom is 0.164 e. The Morgan fingerprint density at radius 2 is 2.00 bits per heavy atom. The molecule has 2 aromatic heterocycles. The van der Waals surface area contributed by atoms with Crippen molar-refractivity contribution in [1.29, 1.82) is 0 Å². The average molecular weight is 335 g/mol. The lowest BCUT2D eigenvalue weighted by Gasteiger charge is -2.10. The van der Waals surface area contributed by atoms with E-state index in [4.69, 9.17) is 4.74 Å². The summed E-state index contributed by atoms with van der Waals surface area (Å²) in [7, 11) is 0. The Bertz CT molecular complexity index is 996. The Kier molecular flexibility index (Phi) is 3.02. The van der Waals surface area contributed by atoms with Crippen molar-refractivity contribution in [3.8, 4) is 5.00 Å². The second kappa shape index (κ2) is 5.13. The van der Waals surface area contributed by atoms with E-state index < -0.39 is 0 Å². The van der Waals surface area contributed by atoms with Crippen LogP contribution < -0.4 is 0 Å². The van der Waals surface area contributed by atoms with Gasteiger partial charge in [-0.1, -0.05) is 30.3 Å². The molecule has 1 aliphatic heterocycles. The SMILES string of the molecule is Cc1sc2c(c1C1=CCc3ccccc31)COCc1nnc(C)n1-2. The van der Waals surface area contributed by atoms with E-state index in [1.165, 1.54) is 37.7 Å². The van der Waals surface area contributed by atoms with Crippen molar-refractivity contribution in [3.63, 3.8) is 0 Å². The van der Waals surface area contributed by atoms with Gasteiger partial charge in [-0.05, 0) is 37.0 Å². The molecule has 1 aliphatic carbocycles. The summed E-state index contributed by atoms with van der Waals surface area (Å²) in [5.74, 6) is 1.81. The molecule has 0 saturated heterocycles. The highest BCUT2D eigenvalue weighted by Crippen LogP contribution is 2.43. The molecular formula is C19H17N3OS. The van der Waals surface area contributed by atoms with Crippen molar-refractivity contribution in [1.82, 2.24) is 14.8 Å². The first-order chi connectivity index (χ1) is 11.7. The lowest BCUT2D eigenvalue weighted by atomic mass is 9.96. The van der Waals surface area contributed by atoms with Crippen LogP contribution in [0.25, 0.3) is 10.6 Å². The minimum atomic E-state index is 0.510. The second-order valence-corrected chi connectivity index (χ2v) is 7.49. The molecule has 5 rings (SSSR count). The lowest BCUT2D eigenvalue weighted by molar-refractivity contribution is 0.105. The first-order valence-electron chi connectivity index (χ1n) is 8.14. The number of rotatable bonds is 1. The molecule has 0 saturated carbocycles. The van der Waals surface area contributed by atoms with Gasteiger partial charge in [-0.25, -0.2) is 0 Å². The summed E-state index contributed by atoms with van der Waals surface area (Å²) in [4.78, 5) is 1.33. The molecule has 0 amide bonds. The van der Waals surface area contributed by atoms with Gasteiger partial charge in [0.15, 0.2) is 5.82 Å². The number of thiophene rings is 1. The second-order valence-electron chi connectivity index (χ2n) is 6.29. The van der Waals surface area contributed by atoms with Gasteiger partial charge in [0.2, 0.25) is 0 Å². The fourth-order valence-corrected chi connectivity index (χ4v) is 5.01. The first-order valence-corrected chi connectivity index (χ1v) is 8.96. The van der Waals surface area contributed by atoms with Crippen LogP contribution in [0.1, 0.15) is 38.8 Å². The Hall–Kier alpha value is -2.24. The predicted octanol–water partition coefficient (Wildman–Crippen LogP) is 3.96. The fourth-order valence-electron chi connectivity index (χ4n) is 3.77. The topological polar surface area (TPSA) is 39.9 Å². The van der Waals surface area contributed by atoms with Crippen molar-refractivity contribution < 1.29 is 4.74 Å². The Labute approximate surface area is 144 Å². The summed E-state index contributed by atoms with van der Waals surface area (Å²) in [5, 5.41) is 9.71. The number of fused-ring (bicyclic) bond motifs is 4. The van der Waals surface area contributed by atoms with Crippen LogP contribution in [0.2, 0.25) is 0 Å². The van der Waals surface area contributed by atoms with Crippen LogP contribution in [0, 0.1) is 13.8 Å². The standard InChI is InChI=1S/C19H17N3OS/c1-11-18(15-8-7-13-5-3-4-6-14(13)15)16-9-23-10-17-21-20-12(2)22(17)19(16)24-11/h3-6,8H,7,9-10H2,1-2H3. The molecule has 0 unspecified atom stereocenters. The van der Waals surface area contributed by atoms with Gasteiger partial charge in [-0.2, -0.15) is 0 Å². The molecule has 0 fully saturated rings. The van der Waals surface area contributed by atoms with Gasteiger partial charge < -0.3 is 4.74 Å². The Morgan fingerprint density at radius 1 is 1.12 bits per heavy atom. The molecule has 3 aromatic rings. The number of nitrogens with zero attached hydrogens (tertiary/aromatic N) is 3.